The highest BCUT2D eigenvalue weighted by molar-refractivity contribution is 6.03. The summed E-state index contributed by atoms with van der Waals surface area (Å²) in [6, 6.07) is 9.60. The first-order chi connectivity index (χ1) is 8.74. The molecule has 3 rings (SSSR count). The molecule has 0 amide bonds. The fraction of sp³-hybridized carbons (Fsp3) is 0.200. The number of carbonyl (C=O) groups excluding carboxylic acids is 2. The molecule has 1 heterocycles. The highest BCUT2D eigenvalue weighted by atomic mass is 16.5. The minimum atomic E-state index is -0.373. The summed E-state index contributed by atoms with van der Waals surface area (Å²) in [7, 11) is 0. The van der Waals surface area contributed by atoms with E-state index in [4.69, 9.17) is 4.74 Å². The van der Waals surface area contributed by atoms with Crippen LogP contribution in [0.4, 0.5) is 0 Å². The van der Waals surface area contributed by atoms with Crippen molar-refractivity contribution in [2.75, 3.05) is 0 Å². The molecule has 90 valence electrons. The summed E-state index contributed by atoms with van der Waals surface area (Å²) in [5, 5.41) is 0. The van der Waals surface area contributed by atoms with Gasteiger partial charge in [0.05, 0.1) is 5.92 Å². The predicted octanol–water partition coefficient (Wildman–Crippen LogP) is 2.36. The summed E-state index contributed by atoms with van der Waals surface area (Å²) in [5.74, 6) is 0.0862. The first-order valence-electron chi connectivity index (χ1n) is 5.92. The Hall–Kier alpha value is -2.16. The second-order valence-electron chi connectivity index (χ2n) is 4.47. The van der Waals surface area contributed by atoms with Crippen LogP contribution in [0.2, 0.25) is 0 Å². The van der Waals surface area contributed by atoms with E-state index in [0.717, 1.165) is 5.56 Å². The lowest BCUT2D eigenvalue weighted by Crippen LogP contribution is -2.29. The van der Waals surface area contributed by atoms with E-state index in [-0.39, 0.29) is 23.6 Å². The number of allylic oxidation sites excluding steroid dienone is 3. The Kier molecular flexibility index (Phi) is 2.59. The van der Waals surface area contributed by atoms with Crippen molar-refractivity contribution in [2.24, 2.45) is 5.92 Å². The summed E-state index contributed by atoms with van der Waals surface area (Å²) >= 11 is 0. The van der Waals surface area contributed by atoms with Gasteiger partial charge in [-0.25, -0.2) is 0 Å². The zero-order chi connectivity index (χ0) is 12.5. The van der Waals surface area contributed by atoms with Gasteiger partial charge in [-0.3, -0.25) is 9.59 Å². The number of hydrogen-bond acceptors (Lipinski definition) is 3. The molecule has 0 aromatic heterocycles. The average Bonchev–Trinajstić information content (AvgIpc) is 2.39. The van der Waals surface area contributed by atoms with E-state index in [1.54, 1.807) is 6.08 Å². The minimum Gasteiger partial charge on any atom is -0.488 e. The molecular formula is C15H12O3. The normalized spacial score (nSPS) is 26.3. The Bertz CT molecular complexity index is 554. The van der Waals surface area contributed by atoms with Crippen LogP contribution < -0.4 is 0 Å². The van der Waals surface area contributed by atoms with Gasteiger partial charge in [-0.15, -0.1) is 0 Å². The Balaban J connectivity index is 1.90. The van der Waals surface area contributed by atoms with E-state index in [2.05, 4.69) is 0 Å². The van der Waals surface area contributed by atoms with Crippen molar-refractivity contribution < 1.29 is 14.3 Å². The molecule has 0 radical (unpaired) electrons. The number of hydrogen-bond donors (Lipinski definition) is 0. The number of ketones is 2. The summed E-state index contributed by atoms with van der Waals surface area (Å²) < 4.78 is 5.79. The number of carbonyl (C=O) groups is 2. The third-order valence-electron chi connectivity index (χ3n) is 3.23. The van der Waals surface area contributed by atoms with Gasteiger partial charge in [0.15, 0.2) is 11.6 Å². The first-order valence-corrected chi connectivity index (χ1v) is 5.92. The zero-order valence-corrected chi connectivity index (χ0v) is 9.71. The SMILES string of the molecule is O=C1C=CC2C(=O)CC(c3ccccc3)OC2=C1. The number of Topliss-reactive ketones (excluding diaryl/α,β-unsaturated/α-hetero) is 1. The van der Waals surface area contributed by atoms with Gasteiger partial charge in [0.2, 0.25) is 0 Å². The number of rotatable bonds is 1. The zero-order valence-electron chi connectivity index (χ0n) is 9.71. The van der Waals surface area contributed by atoms with Gasteiger partial charge in [-0.1, -0.05) is 36.4 Å². The van der Waals surface area contributed by atoms with E-state index >= 15 is 0 Å². The van der Waals surface area contributed by atoms with Crippen LogP contribution in [0.5, 0.6) is 0 Å². The molecule has 2 unspecified atom stereocenters. The van der Waals surface area contributed by atoms with Crippen molar-refractivity contribution in [3.05, 3.63) is 59.9 Å². The Morgan fingerprint density at radius 1 is 1.11 bits per heavy atom. The number of fused-ring (bicyclic) bond motifs is 1. The molecule has 1 fully saturated rings. The molecule has 0 spiro atoms. The summed E-state index contributed by atoms with van der Waals surface area (Å²) in [5.41, 5.74) is 0.965. The van der Waals surface area contributed by atoms with Crippen molar-refractivity contribution >= 4 is 11.6 Å². The van der Waals surface area contributed by atoms with Crippen LogP contribution in [0.25, 0.3) is 0 Å². The maximum Gasteiger partial charge on any atom is 0.181 e. The first kappa shape index (κ1) is 11.0. The second-order valence-corrected chi connectivity index (χ2v) is 4.47. The smallest absolute Gasteiger partial charge is 0.181 e. The van der Waals surface area contributed by atoms with E-state index in [9.17, 15) is 9.59 Å². The van der Waals surface area contributed by atoms with Gasteiger partial charge < -0.3 is 4.74 Å². The molecule has 1 aliphatic carbocycles. The van der Waals surface area contributed by atoms with Crippen LogP contribution in [0.3, 0.4) is 0 Å². The maximum atomic E-state index is 12.0. The van der Waals surface area contributed by atoms with Crippen molar-refractivity contribution in [1.29, 1.82) is 0 Å². The van der Waals surface area contributed by atoms with E-state index in [0.29, 0.717) is 12.2 Å². The molecule has 1 aliphatic heterocycles. The molecule has 0 bridgehead atoms. The molecule has 2 aliphatic rings. The van der Waals surface area contributed by atoms with Crippen LogP contribution in [0.15, 0.2) is 54.3 Å². The van der Waals surface area contributed by atoms with Gasteiger partial charge in [0.25, 0.3) is 0 Å². The van der Waals surface area contributed by atoms with E-state index < -0.39 is 0 Å². The Morgan fingerprint density at radius 2 is 1.89 bits per heavy atom. The topological polar surface area (TPSA) is 43.4 Å². The lowest BCUT2D eigenvalue weighted by molar-refractivity contribution is -0.128. The molecule has 1 aromatic carbocycles. The number of ether oxygens (including phenoxy) is 1. The summed E-state index contributed by atoms with van der Waals surface area (Å²) in [6.07, 6.45) is 4.54. The lowest BCUT2D eigenvalue weighted by atomic mass is 9.88. The van der Waals surface area contributed by atoms with E-state index in [1.165, 1.54) is 12.2 Å². The molecule has 0 saturated carbocycles. The minimum absolute atomic E-state index is 0.102. The molecule has 1 saturated heterocycles. The van der Waals surface area contributed by atoms with Crippen LogP contribution in [-0.2, 0) is 14.3 Å². The maximum absolute atomic E-state index is 12.0. The summed E-state index contributed by atoms with van der Waals surface area (Å²) in [6.45, 7) is 0. The summed E-state index contributed by atoms with van der Waals surface area (Å²) in [4.78, 5) is 23.3. The van der Waals surface area contributed by atoms with Gasteiger partial charge in [0.1, 0.15) is 11.9 Å². The van der Waals surface area contributed by atoms with E-state index in [1.807, 2.05) is 30.3 Å². The Labute approximate surface area is 105 Å². The van der Waals surface area contributed by atoms with Gasteiger partial charge >= 0.3 is 0 Å². The van der Waals surface area contributed by atoms with Gasteiger partial charge in [-0.2, -0.15) is 0 Å². The van der Waals surface area contributed by atoms with Crippen LogP contribution in [0.1, 0.15) is 18.1 Å². The highest BCUT2D eigenvalue weighted by Crippen LogP contribution is 2.36. The largest absolute Gasteiger partial charge is 0.488 e. The quantitative estimate of drug-likeness (QED) is 0.756. The average molecular weight is 240 g/mol. The fourth-order valence-electron chi connectivity index (χ4n) is 2.31. The predicted molar refractivity (Wildman–Crippen MR) is 65.6 cm³/mol. The molecule has 0 N–H and O–H groups in total. The van der Waals surface area contributed by atoms with Gasteiger partial charge in [-0.05, 0) is 11.6 Å². The fourth-order valence-corrected chi connectivity index (χ4v) is 2.31. The molecular weight excluding hydrogens is 228 g/mol. The highest BCUT2D eigenvalue weighted by Gasteiger charge is 2.34. The lowest BCUT2D eigenvalue weighted by Gasteiger charge is -2.31. The standard InChI is InChI=1S/C15H12O3/c16-11-6-7-12-13(17)9-14(18-15(12)8-11)10-4-2-1-3-5-10/h1-8,12,14H,9H2. The third kappa shape index (κ3) is 1.88. The van der Waals surface area contributed by atoms with Crippen molar-refractivity contribution in [3.63, 3.8) is 0 Å². The molecule has 2 atom stereocenters. The molecule has 1 aromatic rings. The monoisotopic (exact) mass is 240 g/mol. The van der Waals surface area contributed by atoms with Crippen molar-refractivity contribution in [2.45, 2.75) is 12.5 Å². The van der Waals surface area contributed by atoms with Crippen LogP contribution >= 0.6 is 0 Å². The molecule has 18 heavy (non-hydrogen) atoms. The second kappa shape index (κ2) is 4.26. The number of benzene rings is 1. The van der Waals surface area contributed by atoms with Crippen molar-refractivity contribution in [3.8, 4) is 0 Å². The molecule has 3 nitrogen and oxygen atoms in total. The van der Waals surface area contributed by atoms with Crippen LogP contribution in [-0.4, -0.2) is 11.6 Å². The molecule has 3 heteroatoms. The Morgan fingerprint density at radius 3 is 2.67 bits per heavy atom. The van der Waals surface area contributed by atoms with Crippen molar-refractivity contribution in [1.82, 2.24) is 0 Å². The van der Waals surface area contributed by atoms with Crippen LogP contribution in [0, 0.1) is 5.92 Å². The van der Waals surface area contributed by atoms with Gasteiger partial charge in [0, 0.05) is 12.5 Å². The third-order valence-corrected chi connectivity index (χ3v) is 3.23.